The Morgan fingerprint density at radius 1 is 1.12 bits per heavy atom. The number of ketones is 1. The Kier molecular flexibility index (Phi) is 5.29. The van der Waals surface area contributed by atoms with Gasteiger partial charge in [0.25, 0.3) is 5.56 Å². The molecular weight excluding hydrogens is 326 g/mol. The van der Waals surface area contributed by atoms with Crippen molar-refractivity contribution in [2.75, 3.05) is 14.2 Å². The van der Waals surface area contributed by atoms with Crippen molar-refractivity contribution in [3.63, 3.8) is 0 Å². The van der Waals surface area contributed by atoms with Gasteiger partial charge in [0.15, 0.2) is 5.78 Å². The fourth-order valence-electron chi connectivity index (χ4n) is 1.92. The Labute approximate surface area is 144 Å². The molecule has 0 unspecified atom stereocenters. The summed E-state index contributed by atoms with van der Waals surface area (Å²) in [6.07, 6.45) is 3.23. The second-order valence-electron chi connectivity index (χ2n) is 6.33. The van der Waals surface area contributed by atoms with E-state index in [4.69, 9.17) is 9.47 Å². The van der Waals surface area contributed by atoms with E-state index < -0.39 is 5.41 Å². The van der Waals surface area contributed by atoms with Crippen LogP contribution in [0.25, 0.3) is 12.2 Å². The lowest BCUT2D eigenvalue weighted by Gasteiger charge is -2.12. The highest BCUT2D eigenvalue weighted by Gasteiger charge is 2.18. The molecule has 0 spiro atoms. The zero-order valence-electron chi connectivity index (χ0n) is 14.4. The number of H-pyrrole nitrogens is 1. The summed E-state index contributed by atoms with van der Waals surface area (Å²) in [6, 6.07) is 5.38. The number of rotatable bonds is 4. The van der Waals surface area contributed by atoms with E-state index in [1.165, 1.54) is 17.4 Å². The van der Waals surface area contributed by atoms with Gasteiger partial charge in [0.1, 0.15) is 11.5 Å². The summed E-state index contributed by atoms with van der Waals surface area (Å²) in [6.45, 7) is 5.52. The molecule has 0 saturated heterocycles. The average molecular weight is 347 g/mol. The molecule has 0 aliphatic heterocycles. The maximum absolute atomic E-state index is 12.1. The summed E-state index contributed by atoms with van der Waals surface area (Å²) >= 11 is 1.24. The minimum absolute atomic E-state index is 0.0328. The van der Waals surface area contributed by atoms with Gasteiger partial charge < -0.3 is 14.5 Å². The maximum atomic E-state index is 12.1. The molecule has 0 aliphatic rings. The summed E-state index contributed by atoms with van der Waals surface area (Å²) in [7, 11) is 3.14. The van der Waals surface area contributed by atoms with Crippen LogP contribution in [0.4, 0.5) is 0 Å². The van der Waals surface area contributed by atoms with Gasteiger partial charge in [-0.05, 0) is 23.8 Å². The van der Waals surface area contributed by atoms with Crippen LogP contribution in [0.1, 0.15) is 26.3 Å². The fourth-order valence-corrected chi connectivity index (χ4v) is 2.81. The molecule has 0 saturated carbocycles. The van der Waals surface area contributed by atoms with E-state index >= 15 is 0 Å². The number of thiazole rings is 1. The van der Waals surface area contributed by atoms with Crippen LogP contribution in [-0.4, -0.2) is 25.0 Å². The number of benzene rings is 1. The van der Waals surface area contributed by atoms with Gasteiger partial charge in [-0.15, -0.1) is 11.3 Å². The highest BCUT2D eigenvalue weighted by atomic mass is 32.1. The first-order valence-electron chi connectivity index (χ1n) is 7.43. The summed E-state index contributed by atoms with van der Waals surface area (Å²) in [5.41, 5.74) is 0.0762. The first kappa shape index (κ1) is 18.0. The van der Waals surface area contributed by atoms with Crippen LogP contribution in [-0.2, 0) is 4.79 Å². The standard InChI is InChI=1S/C18H21NO4S/c1-18(2,3)15(20)10-16-19-17(21)14(24-16)8-11-6-12(22-4)9-13(7-11)23-5/h6-10H,1-5H3,(H,19,21)/b14-8-,16-10-. The smallest absolute Gasteiger partial charge is 0.266 e. The van der Waals surface area contributed by atoms with Crippen LogP contribution in [0.3, 0.4) is 0 Å². The highest BCUT2D eigenvalue weighted by Crippen LogP contribution is 2.22. The second kappa shape index (κ2) is 7.05. The molecular formula is C18H21NO4S. The molecule has 128 valence electrons. The Morgan fingerprint density at radius 2 is 1.71 bits per heavy atom. The van der Waals surface area contributed by atoms with Gasteiger partial charge >= 0.3 is 0 Å². The van der Waals surface area contributed by atoms with Crippen LogP contribution in [0.2, 0.25) is 0 Å². The molecule has 1 aromatic heterocycles. The lowest BCUT2D eigenvalue weighted by Crippen LogP contribution is -2.22. The van der Waals surface area contributed by atoms with Crippen LogP contribution in [0.15, 0.2) is 23.0 Å². The lowest BCUT2D eigenvalue weighted by atomic mass is 9.91. The molecule has 0 amide bonds. The van der Waals surface area contributed by atoms with Crippen molar-refractivity contribution in [1.82, 2.24) is 4.98 Å². The minimum atomic E-state index is -0.481. The van der Waals surface area contributed by atoms with E-state index in [0.717, 1.165) is 5.56 Å². The summed E-state index contributed by atoms with van der Waals surface area (Å²) in [4.78, 5) is 26.9. The lowest BCUT2D eigenvalue weighted by molar-refractivity contribution is -0.119. The molecule has 1 aromatic carbocycles. The monoisotopic (exact) mass is 347 g/mol. The number of nitrogens with one attached hydrogen (secondary N) is 1. The predicted molar refractivity (Wildman–Crippen MR) is 96.2 cm³/mol. The number of methoxy groups -OCH3 is 2. The Hall–Kier alpha value is -2.34. The number of Topliss-reactive ketones (excluding diaryl/α,β-unsaturated/α-hetero) is 1. The molecule has 1 N–H and O–H groups in total. The van der Waals surface area contributed by atoms with Gasteiger partial charge in [0, 0.05) is 17.6 Å². The Bertz CT molecular complexity index is 893. The average Bonchev–Trinajstić information content (AvgIpc) is 2.85. The minimum Gasteiger partial charge on any atom is -0.497 e. The van der Waals surface area contributed by atoms with Crippen molar-refractivity contribution in [3.8, 4) is 11.5 Å². The van der Waals surface area contributed by atoms with Crippen molar-refractivity contribution in [2.45, 2.75) is 20.8 Å². The molecule has 5 nitrogen and oxygen atoms in total. The van der Waals surface area contributed by atoms with Gasteiger partial charge in [-0.25, -0.2) is 0 Å². The third-order valence-corrected chi connectivity index (χ3v) is 4.32. The van der Waals surface area contributed by atoms with Gasteiger partial charge in [-0.3, -0.25) is 9.59 Å². The third kappa shape index (κ3) is 4.35. The fraction of sp³-hybridized carbons (Fsp3) is 0.333. The van der Waals surface area contributed by atoms with Crippen LogP contribution < -0.4 is 24.2 Å². The number of hydrogen-bond donors (Lipinski definition) is 1. The molecule has 0 aliphatic carbocycles. The number of hydrogen-bond acceptors (Lipinski definition) is 5. The predicted octanol–water partition coefficient (Wildman–Crippen LogP) is 1.68. The summed E-state index contributed by atoms with van der Waals surface area (Å²) < 4.78 is 11.5. The van der Waals surface area contributed by atoms with Crippen LogP contribution >= 0.6 is 11.3 Å². The van der Waals surface area contributed by atoms with E-state index in [2.05, 4.69) is 4.98 Å². The summed E-state index contributed by atoms with van der Waals surface area (Å²) in [5, 5.41) is 0. The maximum Gasteiger partial charge on any atom is 0.266 e. The van der Waals surface area contributed by atoms with Gasteiger partial charge in [0.05, 0.1) is 23.4 Å². The van der Waals surface area contributed by atoms with Crippen LogP contribution in [0.5, 0.6) is 11.5 Å². The van der Waals surface area contributed by atoms with E-state index in [-0.39, 0.29) is 11.3 Å². The first-order valence-corrected chi connectivity index (χ1v) is 8.24. The quantitative estimate of drug-likeness (QED) is 0.914. The molecule has 0 radical (unpaired) electrons. The molecule has 2 rings (SSSR count). The molecule has 6 heteroatoms. The van der Waals surface area contributed by atoms with Crippen molar-refractivity contribution >= 4 is 29.3 Å². The van der Waals surface area contributed by atoms with Crippen molar-refractivity contribution < 1.29 is 14.3 Å². The summed E-state index contributed by atoms with van der Waals surface area (Å²) in [5.74, 6) is 1.25. The zero-order valence-corrected chi connectivity index (χ0v) is 15.2. The van der Waals surface area contributed by atoms with Crippen molar-refractivity contribution in [2.24, 2.45) is 5.41 Å². The number of carbonyl (C=O) groups is 1. The topological polar surface area (TPSA) is 68.4 Å². The Balaban J connectivity index is 2.51. The van der Waals surface area contributed by atoms with E-state index in [0.29, 0.717) is 20.7 Å². The number of carbonyl (C=O) groups excluding carboxylic acids is 1. The Morgan fingerprint density at radius 3 is 2.21 bits per heavy atom. The van der Waals surface area contributed by atoms with E-state index in [1.54, 1.807) is 26.4 Å². The third-order valence-electron chi connectivity index (χ3n) is 3.35. The molecule has 1 heterocycles. The van der Waals surface area contributed by atoms with Gasteiger partial charge in [0.2, 0.25) is 0 Å². The zero-order chi connectivity index (χ0) is 17.9. The second-order valence-corrected chi connectivity index (χ2v) is 7.42. The molecule has 2 aromatic rings. The number of ether oxygens (including phenoxy) is 2. The molecule has 24 heavy (non-hydrogen) atoms. The highest BCUT2D eigenvalue weighted by molar-refractivity contribution is 7.07. The molecule has 0 fully saturated rings. The SMILES string of the molecule is COc1cc(/C=c2\s/c(=C\C(=O)C(C)(C)C)[nH]c2=O)cc(OC)c1. The van der Waals surface area contributed by atoms with Gasteiger partial charge in [-0.1, -0.05) is 20.8 Å². The van der Waals surface area contributed by atoms with E-state index in [9.17, 15) is 9.59 Å². The number of aromatic nitrogens is 1. The van der Waals surface area contributed by atoms with Crippen molar-refractivity contribution in [1.29, 1.82) is 0 Å². The van der Waals surface area contributed by atoms with Gasteiger partial charge in [-0.2, -0.15) is 0 Å². The van der Waals surface area contributed by atoms with Crippen LogP contribution in [0, 0.1) is 5.41 Å². The van der Waals surface area contributed by atoms with E-state index in [1.807, 2.05) is 32.9 Å². The first-order chi connectivity index (χ1) is 11.2. The molecule has 0 bridgehead atoms. The number of aromatic amines is 1. The normalized spacial score (nSPS) is 13.2. The molecule has 0 atom stereocenters. The largest absolute Gasteiger partial charge is 0.497 e. The van der Waals surface area contributed by atoms with Crippen molar-refractivity contribution in [3.05, 3.63) is 43.3 Å².